The first-order chi connectivity index (χ1) is 6.95. The number of nitrogens with zero attached hydrogens (tertiary/aromatic N) is 1. The number of hydrogen-bond donors (Lipinski definition) is 0. The SMILES string of the molecule is N#CC(=O)Cc1ccccc1C(F)(F)F. The van der Waals surface area contributed by atoms with E-state index in [1.54, 1.807) is 0 Å². The zero-order chi connectivity index (χ0) is 11.5. The maximum atomic E-state index is 12.4. The van der Waals surface area contributed by atoms with Gasteiger partial charge in [-0.3, -0.25) is 4.79 Å². The molecule has 5 heteroatoms. The van der Waals surface area contributed by atoms with Crippen molar-refractivity contribution in [2.45, 2.75) is 12.6 Å². The lowest BCUT2D eigenvalue weighted by atomic mass is 10.0. The number of hydrogen-bond acceptors (Lipinski definition) is 2. The third-order valence-corrected chi connectivity index (χ3v) is 1.80. The second-order valence-electron chi connectivity index (χ2n) is 2.87. The van der Waals surface area contributed by atoms with Crippen molar-refractivity contribution in [1.82, 2.24) is 0 Å². The number of ketones is 1. The highest BCUT2D eigenvalue weighted by molar-refractivity contribution is 5.95. The molecule has 0 atom stereocenters. The highest BCUT2D eigenvalue weighted by Crippen LogP contribution is 2.31. The Balaban J connectivity index is 3.09. The summed E-state index contributed by atoms with van der Waals surface area (Å²) in [6.45, 7) is 0. The summed E-state index contributed by atoms with van der Waals surface area (Å²) in [6, 6.07) is 6.00. The summed E-state index contributed by atoms with van der Waals surface area (Å²) >= 11 is 0. The van der Waals surface area contributed by atoms with Crippen LogP contribution in [-0.2, 0) is 17.4 Å². The second-order valence-corrected chi connectivity index (χ2v) is 2.87. The molecular weight excluding hydrogens is 207 g/mol. The number of carbonyl (C=O) groups is 1. The van der Waals surface area contributed by atoms with Crippen LogP contribution in [0.15, 0.2) is 24.3 Å². The van der Waals surface area contributed by atoms with E-state index in [0.717, 1.165) is 6.07 Å². The molecule has 0 aliphatic rings. The van der Waals surface area contributed by atoms with Crippen molar-refractivity contribution in [2.24, 2.45) is 0 Å². The van der Waals surface area contributed by atoms with Crippen LogP contribution in [0.3, 0.4) is 0 Å². The van der Waals surface area contributed by atoms with Crippen LogP contribution < -0.4 is 0 Å². The molecule has 2 nitrogen and oxygen atoms in total. The van der Waals surface area contributed by atoms with E-state index < -0.39 is 23.9 Å². The van der Waals surface area contributed by atoms with Crippen LogP contribution in [-0.4, -0.2) is 5.78 Å². The molecule has 1 aromatic rings. The third-order valence-electron chi connectivity index (χ3n) is 1.80. The van der Waals surface area contributed by atoms with Gasteiger partial charge < -0.3 is 0 Å². The quantitative estimate of drug-likeness (QED) is 0.707. The molecule has 0 saturated carbocycles. The van der Waals surface area contributed by atoms with Gasteiger partial charge in [0.1, 0.15) is 6.07 Å². The van der Waals surface area contributed by atoms with Gasteiger partial charge in [-0.05, 0) is 11.6 Å². The van der Waals surface area contributed by atoms with E-state index >= 15 is 0 Å². The van der Waals surface area contributed by atoms with Gasteiger partial charge in [-0.2, -0.15) is 18.4 Å². The zero-order valence-electron chi connectivity index (χ0n) is 7.51. The molecule has 0 N–H and O–H groups in total. The van der Waals surface area contributed by atoms with Crippen LogP contribution in [0.1, 0.15) is 11.1 Å². The predicted molar refractivity (Wildman–Crippen MR) is 45.8 cm³/mol. The van der Waals surface area contributed by atoms with Crippen LogP contribution >= 0.6 is 0 Å². The highest BCUT2D eigenvalue weighted by Gasteiger charge is 2.33. The summed E-state index contributed by atoms with van der Waals surface area (Å²) in [6.07, 6.45) is -5.00. The van der Waals surface area contributed by atoms with E-state index in [4.69, 9.17) is 5.26 Å². The second kappa shape index (κ2) is 4.13. The van der Waals surface area contributed by atoms with E-state index in [1.165, 1.54) is 24.3 Å². The largest absolute Gasteiger partial charge is 0.416 e. The monoisotopic (exact) mass is 213 g/mol. The van der Waals surface area contributed by atoms with Crippen LogP contribution in [0.25, 0.3) is 0 Å². The fourth-order valence-corrected chi connectivity index (χ4v) is 1.16. The summed E-state index contributed by atoms with van der Waals surface area (Å²) in [5, 5.41) is 8.21. The Kier molecular flexibility index (Phi) is 3.10. The Labute approximate surface area is 83.9 Å². The van der Waals surface area contributed by atoms with Gasteiger partial charge in [0.2, 0.25) is 5.78 Å². The minimum absolute atomic E-state index is 0.170. The van der Waals surface area contributed by atoms with Gasteiger partial charge in [-0.1, -0.05) is 18.2 Å². The van der Waals surface area contributed by atoms with Crippen molar-refractivity contribution in [2.75, 3.05) is 0 Å². The molecule has 15 heavy (non-hydrogen) atoms. The van der Waals surface area contributed by atoms with Gasteiger partial charge >= 0.3 is 6.18 Å². The van der Waals surface area contributed by atoms with Gasteiger partial charge in [0.15, 0.2) is 0 Å². The molecule has 1 rings (SSSR count). The summed E-state index contributed by atoms with van der Waals surface area (Å²) in [4.78, 5) is 10.7. The minimum atomic E-state index is -4.49. The van der Waals surface area contributed by atoms with Gasteiger partial charge in [0.05, 0.1) is 5.56 Å². The first kappa shape index (κ1) is 11.2. The van der Waals surface area contributed by atoms with Crippen LogP contribution in [0, 0.1) is 11.3 Å². The number of benzene rings is 1. The molecule has 0 radical (unpaired) electrons. The molecule has 0 unspecified atom stereocenters. The lowest BCUT2D eigenvalue weighted by Gasteiger charge is -2.10. The Morgan fingerprint density at radius 1 is 1.33 bits per heavy atom. The fraction of sp³-hybridized carbons (Fsp3) is 0.200. The van der Waals surface area contributed by atoms with Crippen molar-refractivity contribution in [1.29, 1.82) is 5.26 Å². The number of rotatable bonds is 2. The molecule has 0 spiro atoms. The summed E-state index contributed by atoms with van der Waals surface area (Å²) < 4.78 is 37.2. The van der Waals surface area contributed by atoms with Crippen molar-refractivity contribution >= 4 is 5.78 Å². The van der Waals surface area contributed by atoms with Crippen molar-refractivity contribution in [3.63, 3.8) is 0 Å². The maximum absolute atomic E-state index is 12.4. The van der Waals surface area contributed by atoms with Crippen LogP contribution in [0.2, 0.25) is 0 Å². The Morgan fingerprint density at radius 2 is 1.93 bits per heavy atom. The zero-order valence-corrected chi connectivity index (χ0v) is 7.51. The normalized spacial score (nSPS) is 10.8. The molecule has 0 aliphatic carbocycles. The fourth-order valence-electron chi connectivity index (χ4n) is 1.16. The van der Waals surface area contributed by atoms with E-state index in [9.17, 15) is 18.0 Å². The minimum Gasteiger partial charge on any atom is -0.282 e. The van der Waals surface area contributed by atoms with Gasteiger partial charge in [-0.15, -0.1) is 0 Å². The number of alkyl halides is 3. The molecule has 0 amide bonds. The van der Waals surface area contributed by atoms with Crippen molar-refractivity contribution < 1.29 is 18.0 Å². The van der Waals surface area contributed by atoms with Gasteiger partial charge in [0.25, 0.3) is 0 Å². The number of carbonyl (C=O) groups excluding carboxylic acids is 1. The smallest absolute Gasteiger partial charge is 0.282 e. The topological polar surface area (TPSA) is 40.9 Å². The Morgan fingerprint density at radius 3 is 2.47 bits per heavy atom. The molecule has 0 fully saturated rings. The third kappa shape index (κ3) is 2.81. The van der Waals surface area contributed by atoms with E-state index in [0.29, 0.717) is 0 Å². The lowest BCUT2D eigenvalue weighted by Crippen LogP contribution is -2.11. The van der Waals surface area contributed by atoms with Crippen LogP contribution in [0.5, 0.6) is 0 Å². The molecule has 1 aromatic carbocycles. The number of Topliss-reactive ketones (excluding diaryl/α,β-unsaturated/α-hetero) is 1. The lowest BCUT2D eigenvalue weighted by molar-refractivity contribution is -0.138. The average Bonchev–Trinajstić information content (AvgIpc) is 2.17. The Bertz CT molecular complexity index is 417. The molecule has 78 valence electrons. The number of halogens is 3. The van der Waals surface area contributed by atoms with E-state index in [2.05, 4.69) is 0 Å². The Hall–Kier alpha value is -1.83. The van der Waals surface area contributed by atoms with Gasteiger partial charge in [0, 0.05) is 6.42 Å². The average molecular weight is 213 g/mol. The molecule has 0 aromatic heterocycles. The van der Waals surface area contributed by atoms with Crippen molar-refractivity contribution in [3.8, 4) is 6.07 Å². The van der Waals surface area contributed by atoms with E-state index in [-0.39, 0.29) is 5.56 Å². The number of nitriles is 1. The molecule has 0 bridgehead atoms. The maximum Gasteiger partial charge on any atom is 0.416 e. The summed E-state index contributed by atoms with van der Waals surface area (Å²) in [7, 11) is 0. The van der Waals surface area contributed by atoms with E-state index in [1.807, 2.05) is 0 Å². The molecule has 0 aliphatic heterocycles. The molecule has 0 saturated heterocycles. The highest BCUT2D eigenvalue weighted by atomic mass is 19.4. The summed E-state index contributed by atoms with van der Waals surface area (Å²) in [5.74, 6) is -0.883. The van der Waals surface area contributed by atoms with Crippen LogP contribution in [0.4, 0.5) is 13.2 Å². The van der Waals surface area contributed by atoms with Gasteiger partial charge in [-0.25, -0.2) is 0 Å². The first-order valence-electron chi connectivity index (χ1n) is 4.03. The summed E-state index contributed by atoms with van der Waals surface area (Å²) in [5.41, 5.74) is -1.04. The molecular formula is C10H6F3NO. The standard InChI is InChI=1S/C10H6F3NO/c11-10(12,13)9-4-2-1-3-7(9)5-8(15)6-14/h1-4H,5H2. The predicted octanol–water partition coefficient (Wildman–Crippen LogP) is 2.34. The van der Waals surface area contributed by atoms with Crippen molar-refractivity contribution in [3.05, 3.63) is 35.4 Å². The first-order valence-corrected chi connectivity index (χ1v) is 4.03. The molecule has 0 heterocycles.